The van der Waals surface area contributed by atoms with Gasteiger partial charge >= 0.3 is 21.3 Å². The summed E-state index contributed by atoms with van der Waals surface area (Å²) in [5.41, 5.74) is 0. The molecule has 0 heterocycles. The fourth-order valence-corrected chi connectivity index (χ4v) is 3.76. The van der Waals surface area contributed by atoms with Crippen LogP contribution in [-0.2, 0) is 19.6 Å². The van der Waals surface area contributed by atoms with E-state index in [9.17, 15) is 22.0 Å². The van der Waals surface area contributed by atoms with Crippen molar-refractivity contribution >= 4 is 16.1 Å². The molecule has 5 unspecified atom stereocenters. The zero-order valence-corrected chi connectivity index (χ0v) is 12.1. The molecule has 0 radical (unpaired) electrons. The summed E-state index contributed by atoms with van der Waals surface area (Å²) < 4.78 is 59.6. The van der Waals surface area contributed by atoms with Crippen molar-refractivity contribution in [3.8, 4) is 0 Å². The SMILES string of the molecule is CC1C2CC(C(=O)OCC(F)(F)S(=O)(=O)O)C(C2)C1C. The largest absolute Gasteiger partial charge is 0.458 e. The van der Waals surface area contributed by atoms with E-state index in [-0.39, 0.29) is 5.92 Å². The third kappa shape index (κ3) is 2.55. The molecule has 0 aromatic heterocycles. The average Bonchev–Trinajstić information content (AvgIpc) is 2.86. The highest BCUT2D eigenvalue weighted by atomic mass is 32.2. The minimum atomic E-state index is -5.56. The molecule has 2 aliphatic carbocycles. The number of halogens is 2. The van der Waals surface area contributed by atoms with Gasteiger partial charge in [0.15, 0.2) is 6.61 Å². The van der Waals surface area contributed by atoms with Crippen molar-refractivity contribution in [2.24, 2.45) is 29.6 Å². The van der Waals surface area contributed by atoms with E-state index in [1.807, 2.05) is 6.92 Å². The number of ether oxygens (including phenoxy) is 1. The molecule has 1 N–H and O–H groups in total. The first kappa shape index (κ1) is 15.6. The third-order valence-corrected chi connectivity index (χ3v) is 5.83. The van der Waals surface area contributed by atoms with Gasteiger partial charge < -0.3 is 4.74 Å². The molecule has 2 rings (SSSR count). The molecular formula is C12H18F2O5S. The quantitative estimate of drug-likeness (QED) is 0.634. The molecule has 116 valence electrons. The maximum Gasteiger partial charge on any atom is 0.402 e. The first-order chi connectivity index (χ1) is 9.04. The topological polar surface area (TPSA) is 80.7 Å². The lowest BCUT2D eigenvalue weighted by Gasteiger charge is -2.30. The Morgan fingerprint density at radius 1 is 1.30 bits per heavy atom. The standard InChI is InChI=1S/C12H18F2O5S/c1-6-7(2)9-3-8(6)4-10(9)11(15)19-5-12(13,14)20(16,17)18/h6-10H,3-5H2,1-2H3,(H,16,17,18). The Kier molecular flexibility index (Phi) is 3.83. The van der Waals surface area contributed by atoms with Crippen LogP contribution in [0.4, 0.5) is 8.78 Å². The van der Waals surface area contributed by atoms with Gasteiger partial charge in [-0.25, -0.2) is 0 Å². The van der Waals surface area contributed by atoms with Gasteiger partial charge in [0, 0.05) is 0 Å². The summed E-state index contributed by atoms with van der Waals surface area (Å²) >= 11 is 0. The van der Waals surface area contributed by atoms with Crippen molar-refractivity contribution < 1.29 is 31.3 Å². The van der Waals surface area contributed by atoms with Crippen LogP contribution in [-0.4, -0.2) is 30.8 Å². The van der Waals surface area contributed by atoms with Crippen LogP contribution in [0.1, 0.15) is 26.7 Å². The van der Waals surface area contributed by atoms with Crippen LogP contribution in [0, 0.1) is 29.6 Å². The van der Waals surface area contributed by atoms with Gasteiger partial charge in [-0.05, 0) is 36.5 Å². The summed E-state index contributed by atoms with van der Waals surface area (Å²) in [6.45, 7) is 2.51. The van der Waals surface area contributed by atoms with Gasteiger partial charge in [0.1, 0.15) is 0 Å². The monoisotopic (exact) mass is 312 g/mol. The maximum absolute atomic E-state index is 13.0. The molecule has 2 fully saturated rings. The molecule has 0 aliphatic heterocycles. The van der Waals surface area contributed by atoms with E-state index in [2.05, 4.69) is 11.7 Å². The second kappa shape index (κ2) is 4.91. The molecule has 2 bridgehead atoms. The second-order valence-corrected chi connectivity index (χ2v) is 7.49. The normalized spacial score (nSPS) is 37.1. The predicted molar refractivity (Wildman–Crippen MR) is 65.5 cm³/mol. The summed E-state index contributed by atoms with van der Waals surface area (Å²) in [5.74, 6) is 0.108. The van der Waals surface area contributed by atoms with Crippen molar-refractivity contribution in [1.29, 1.82) is 0 Å². The second-order valence-electron chi connectivity index (χ2n) is 5.94. The van der Waals surface area contributed by atoms with Crippen molar-refractivity contribution in [3.05, 3.63) is 0 Å². The number of alkyl halides is 2. The number of esters is 1. The van der Waals surface area contributed by atoms with Gasteiger partial charge in [0.05, 0.1) is 5.92 Å². The van der Waals surface area contributed by atoms with Gasteiger partial charge in [-0.15, -0.1) is 0 Å². The summed E-state index contributed by atoms with van der Waals surface area (Å²) in [4.78, 5) is 11.8. The maximum atomic E-state index is 13.0. The molecule has 0 spiro atoms. The van der Waals surface area contributed by atoms with Crippen LogP contribution < -0.4 is 0 Å². The smallest absolute Gasteiger partial charge is 0.402 e. The van der Waals surface area contributed by atoms with Gasteiger partial charge in [0.2, 0.25) is 0 Å². The number of fused-ring (bicyclic) bond motifs is 2. The van der Waals surface area contributed by atoms with Crippen LogP contribution in [0.3, 0.4) is 0 Å². The van der Waals surface area contributed by atoms with E-state index < -0.39 is 33.9 Å². The molecule has 0 saturated heterocycles. The Hall–Kier alpha value is -0.760. The highest BCUT2D eigenvalue weighted by Crippen LogP contribution is 2.55. The zero-order chi connectivity index (χ0) is 15.3. The van der Waals surface area contributed by atoms with E-state index in [0.717, 1.165) is 6.42 Å². The Bertz CT molecular complexity index is 502. The molecule has 5 atom stereocenters. The minimum Gasteiger partial charge on any atom is -0.458 e. The molecule has 0 aromatic rings. The first-order valence-corrected chi connectivity index (χ1v) is 8.00. The van der Waals surface area contributed by atoms with E-state index in [0.29, 0.717) is 24.2 Å². The Balaban J connectivity index is 1.95. The van der Waals surface area contributed by atoms with Crippen molar-refractivity contribution in [2.45, 2.75) is 31.9 Å². The summed E-state index contributed by atoms with van der Waals surface area (Å²) in [7, 11) is -5.56. The van der Waals surface area contributed by atoms with Gasteiger partial charge in [-0.3, -0.25) is 9.35 Å². The summed E-state index contributed by atoms with van der Waals surface area (Å²) in [6.07, 6.45) is 1.49. The average molecular weight is 312 g/mol. The van der Waals surface area contributed by atoms with Crippen LogP contribution in [0.25, 0.3) is 0 Å². The first-order valence-electron chi connectivity index (χ1n) is 6.56. The Morgan fingerprint density at radius 3 is 2.35 bits per heavy atom. The highest BCUT2D eigenvalue weighted by molar-refractivity contribution is 7.86. The number of hydrogen-bond acceptors (Lipinski definition) is 4. The lowest BCUT2D eigenvalue weighted by molar-refractivity contribution is -0.157. The lowest BCUT2D eigenvalue weighted by atomic mass is 9.76. The van der Waals surface area contributed by atoms with E-state index in [4.69, 9.17) is 4.55 Å². The van der Waals surface area contributed by atoms with E-state index in [1.54, 1.807) is 0 Å². The minimum absolute atomic E-state index is 0.113. The van der Waals surface area contributed by atoms with Crippen LogP contribution in [0.15, 0.2) is 0 Å². The summed E-state index contributed by atoms with van der Waals surface area (Å²) in [6, 6.07) is 0. The fraction of sp³-hybridized carbons (Fsp3) is 0.917. The molecule has 0 aromatic carbocycles. The Morgan fingerprint density at radius 2 is 1.90 bits per heavy atom. The molecule has 2 saturated carbocycles. The molecule has 20 heavy (non-hydrogen) atoms. The van der Waals surface area contributed by atoms with Crippen molar-refractivity contribution in [2.75, 3.05) is 6.61 Å². The molecule has 8 heteroatoms. The van der Waals surface area contributed by atoms with Gasteiger partial charge in [-0.1, -0.05) is 13.8 Å². The van der Waals surface area contributed by atoms with Crippen molar-refractivity contribution in [3.63, 3.8) is 0 Å². The molecular weight excluding hydrogens is 294 g/mol. The predicted octanol–water partition coefficient (Wildman–Crippen LogP) is 1.94. The van der Waals surface area contributed by atoms with E-state index in [1.165, 1.54) is 0 Å². The molecule has 2 aliphatic rings. The van der Waals surface area contributed by atoms with Crippen LogP contribution in [0.5, 0.6) is 0 Å². The van der Waals surface area contributed by atoms with Gasteiger partial charge in [-0.2, -0.15) is 17.2 Å². The van der Waals surface area contributed by atoms with Crippen molar-refractivity contribution in [1.82, 2.24) is 0 Å². The number of hydrogen-bond donors (Lipinski definition) is 1. The molecule has 5 nitrogen and oxygen atoms in total. The highest BCUT2D eigenvalue weighted by Gasteiger charge is 2.53. The number of carbonyl (C=O) groups is 1. The lowest BCUT2D eigenvalue weighted by Crippen LogP contribution is -2.37. The molecule has 0 amide bonds. The van der Waals surface area contributed by atoms with E-state index >= 15 is 0 Å². The van der Waals surface area contributed by atoms with Gasteiger partial charge in [0.25, 0.3) is 0 Å². The zero-order valence-electron chi connectivity index (χ0n) is 11.3. The summed E-state index contributed by atoms with van der Waals surface area (Å²) in [5, 5.41) is -4.46. The van der Waals surface area contributed by atoms with Crippen LogP contribution >= 0.6 is 0 Å². The number of carbonyl (C=O) groups excluding carboxylic acids is 1. The Labute approximate surface area is 116 Å². The number of rotatable bonds is 4. The third-order valence-electron chi connectivity index (χ3n) is 4.96. The van der Waals surface area contributed by atoms with Crippen LogP contribution in [0.2, 0.25) is 0 Å². The fourth-order valence-electron chi connectivity index (χ4n) is 3.55.